The van der Waals surface area contributed by atoms with Crippen LogP contribution in [0.3, 0.4) is 0 Å². The van der Waals surface area contributed by atoms with E-state index in [-0.39, 0.29) is 39.0 Å². The predicted octanol–water partition coefficient (Wildman–Crippen LogP) is 6.21. The molecule has 0 spiro atoms. The number of carboxylic acid groups (broad SMARTS) is 1. The number of carboxylic acids is 1. The van der Waals surface area contributed by atoms with E-state index in [1.807, 2.05) is 54.6 Å². The van der Waals surface area contributed by atoms with Crippen LogP contribution >= 0.6 is 0 Å². The van der Waals surface area contributed by atoms with Gasteiger partial charge in [0.2, 0.25) is 0 Å². The topological polar surface area (TPSA) is 106 Å². The van der Waals surface area contributed by atoms with Crippen molar-refractivity contribution >= 4 is 28.6 Å². The average molecular weight is 533 g/mol. The molecule has 6 rings (SSSR count). The highest BCUT2D eigenvalue weighted by atomic mass is 16.5. The van der Waals surface area contributed by atoms with Crippen molar-refractivity contribution < 1.29 is 28.9 Å². The Balaban J connectivity index is 1.60. The standard InChI is InChI=1S/C33H24O7/c1-38-27-14-11-20(15-29(27)39-18-19-7-3-2-4-8-19)30-23-10-6-5-9-22(23)25(33(36)37)17-26-31(35)24-13-12-21(34)16-28(24)40-32(26)30/h2-17,30,34H,18H2,1H3,(H,36,37). The van der Waals surface area contributed by atoms with Crippen LogP contribution in [-0.4, -0.2) is 23.3 Å². The van der Waals surface area contributed by atoms with Gasteiger partial charge in [-0.3, -0.25) is 4.79 Å². The van der Waals surface area contributed by atoms with Gasteiger partial charge in [-0.15, -0.1) is 0 Å². The minimum Gasteiger partial charge on any atom is -0.508 e. The molecule has 7 nitrogen and oxygen atoms in total. The van der Waals surface area contributed by atoms with Gasteiger partial charge in [-0.05, 0) is 52.6 Å². The second-order valence-electron chi connectivity index (χ2n) is 9.46. The third-order valence-electron chi connectivity index (χ3n) is 7.04. The molecule has 4 aromatic carbocycles. The van der Waals surface area contributed by atoms with Crippen molar-refractivity contribution in [3.8, 4) is 17.2 Å². The van der Waals surface area contributed by atoms with Gasteiger partial charge < -0.3 is 24.1 Å². The van der Waals surface area contributed by atoms with E-state index in [1.54, 1.807) is 25.3 Å². The average Bonchev–Trinajstić information content (AvgIpc) is 3.11. The van der Waals surface area contributed by atoms with Crippen LogP contribution in [0.4, 0.5) is 0 Å². The van der Waals surface area contributed by atoms with E-state index in [0.717, 1.165) is 5.56 Å². The molecule has 1 aliphatic rings. The Labute approximate surface area is 229 Å². The Bertz CT molecular complexity index is 1850. The molecule has 0 radical (unpaired) electrons. The predicted molar refractivity (Wildman–Crippen MR) is 151 cm³/mol. The Hall–Kier alpha value is -5.30. The second-order valence-corrected chi connectivity index (χ2v) is 9.46. The number of carbonyl (C=O) groups is 1. The minimum absolute atomic E-state index is 0.0150. The van der Waals surface area contributed by atoms with Crippen LogP contribution in [0.2, 0.25) is 0 Å². The lowest BCUT2D eigenvalue weighted by Crippen LogP contribution is -2.13. The lowest BCUT2D eigenvalue weighted by atomic mass is 9.85. The summed E-state index contributed by atoms with van der Waals surface area (Å²) in [6.45, 7) is 0.308. The summed E-state index contributed by atoms with van der Waals surface area (Å²) in [5.74, 6) is -0.597. The van der Waals surface area contributed by atoms with Crippen molar-refractivity contribution in [2.24, 2.45) is 0 Å². The van der Waals surface area contributed by atoms with E-state index >= 15 is 0 Å². The molecule has 0 saturated carbocycles. The van der Waals surface area contributed by atoms with Crippen molar-refractivity contribution in [2.75, 3.05) is 7.11 Å². The molecule has 1 aromatic heterocycles. The van der Waals surface area contributed by atoms with Crippen LogP contribution in [0, 0.1) is 0 Å². The van der Waals surface area contributed by atoms with Gasteiger partial charge in [0.15, 0.2) is 16.9 Å². The zero-order valence-corrected chi connectivity index (χ0v) is 21.5. The number of methoxy groups -OCH3 is 1. The highest BCUT2D eigenvalue weighted by molar-refractivity contribution is 6.21. The molecule has 0 saturated heterocycles. The summed E-state index contributed by atoms with van der Waals surface area (Å²) in [5.41, 5.74) is 2.75. The number of aliphatic carboxylic acids is 1. The van der Waals surface area contributed by atoms with E-state index in [2.05, 4.69) is 0 Å². The lowest BCUT2D eigenvalue weighted by molar-refractivity contribution is -0.130. The lowest BCUT2D eigenvalue weighted by Gasteiger charge is -2.22. The number of ether oxygens (including phenoxy) is 2. The summed E-state index contributed by atoms with van der Waals surface area (Å²) in [4.78, 5) is 26.2. The van der Waals surface area contributed by atoms with Gasteiger partial charge >= 0.3 is 5.97 Å². The molecule has 0 fully saturated rings. The molecule has 0 amide bonds. The summed E-state index contributed by atoms with van der Waals surface area (Å²) in [6, 6.07) is 26.5. The van der Waals surface area contributed by atoms with Crippen LogP contribution in [-0.2, 0) is 11.4 Å². The zero-order chi connectivity index (χ0) is 27.8. The molecule has 0 bridgehead atoms. The molecule has 0 aliphatic heterocycles. The number of aromatic hydroxyl groups is 1. The number of phenols is 1. The molecule has 1 heterocycles. The van der Waals surface area contributed by atoms with Gasteiger partial charge in [0, 0.05) is 6.07 Å². The summed E-state index contributed by atoms with van der Waals surface area (Å²) in [6.07, 6.45) is 1.38. The Morgan fingerprint density at radius 2 is 1.70 bits per heavy atom. The first-order valence-electron chi connectivity index (χ1n) is 12.6. The SMILES string of the molecule is COc1ccc(C2c3ccccc3C(C(=O)O)=Cc3c2oc2cc(O)ccc2c3=O)cc1OCc1ccccc1. The van der Waals surface area contributed by atoms with E-state index in [1.165, 1.54) is 24.3 Å². The molecule has 1 atom stereocenters. The number of rotatable bonds is 6. The van der Waals surface area contributed by atoms with Crippen LogP contribution in [0.1, 0.15) is 39.5 Å². The molecule has 1 aliphatic carbocycles. The first-order chi connectivity index (χ1) is 19.4. The fourth-order valence-corrected chi connectivity index (χ4v) is 5.15. The van der Waals surface area contributed by atoms with E-state index in [4.69, 9.17) is 13.9 Å². The molecule has 198 valence electrons. The summed E-state index contributed by atoms with van der Waals surface area (Å²) in [5, 5.41) is 20.5. The Morgan fingerprint density at radius 3 is 2.48 bits per heavy atom. The first-order valence-corrected chi connectivity index (χ1v) is 12.6. The summed E-state index contributed by atoms with van der Waals surface area (Å²) < 4.78 is 18.1. The van der Waals surface area contributed by atoms with Crippen molar-refractivity contribution in [1.29, 1.82) is 0 Å². The highest BCUT2D eigenvalue weighted by Gasteiger charge is 2.32. The smallest absolute Gasteiger partial charge is 0.336 e. The number of hydrogen-bond acceptors (Lipinski definition) is 6. The van der Waals surface area contributed by atoms with Gasteiger partial charge in [0.1, 0.15) is 23.7 Å². The fraction of sp³-hybridized carbons (Fsp3) is 0.0909. The molecule has 5 aromatic rings. The van der Waals surface area contributed by atoms with E-state index in [9.17, 15) is 19.8 Å². The van der Waals surface area contributed by atoms with Crippen LogP contribution in [0.15, 0.2) is 100 Å². The monoisotopic (exact) mass is 532 g/mol. The third-order valence-corrected chi connectivity index (χ3v) is 7.04. The quantitative estimate of drug-likeness (QED) is 0.268. The second kappa shape index (κ2) is 10.1. The Morgan fingerprint density at radius 1 is 0.925 bits per heavy atom. The number of phenolic OH excluding ortho intramolecular Hbond substituents is 1. The Kier molecular flexibility index (Phi) is 6.32. The van der Waals surface area contributed by atoms with Gasteiger partial charge in [0.25, 0.3) is 0 Å². The van der Waals surface area contributed by atoms with Crippen LogP contribution in [0.5, 0.6) is 17.2 Å². The largest absolute Gasteiger partial charge is 0.508 e. The summed E-state index contributed by atoms with van der Waals surface area (Å²) in [7, 11) is 1.56. The number of benzene rings is 4. The van der Waals surface area contributed by atoms with Gasteiger partial charge in [-0.1, -0.05) is 60.7 Å². The van der Waals surface area contributed by atoms with Crippen LogP contribution in [0.25, 0.3) is 22.6 Å². The first kappa shape index (κ1) is 25.0. The zero-order valence-electron chi connectivity index (χ0n) is 21.5. The van der Waals surface area contributed by atoms with Gasteiger partial charge in [-0.2, -0.15) is 0 Å². The molecule has 1 unspecified atom stereocenters. The molecule has 40 heavy (non-hydrogen) atoms. The van der Waals surface area contributed by atoms with Crippen molar-refractivity contribution in [2.45, 2.75) is 12.5 Å². The number of hydrogen-bond donors (Lipinski definition) is 2. The molecule has 2 N–H and O–H groups in total. The maximum absolute atomic E-state index is 13.7. The fourth-order valence-electron chi connectivity index (χ4n) is 5.15. The normalized spacial score (nSPS) is 14.0. The van der Waals surface area contributed by atoms with Crippen LogP contribution < -0.4 is 14.9 Å². The summed E-state index contributed by atoms with van der Waals surface area (Å²) >= 11 is 0. The van der Waals surface area contributed by atoms with Crippen molar-refractivity contribution in [3.05, 3.63) is 135 Å². The maximum atomic E-state index is 13.7. The molecular weight excluding hydrogens is 508 g/mol. The molecular formula is C33H24O7. The number of fused-ring (bicyclic) bond motifs is 3. The van der Waals surface area contributed by atoms with E-state index < -0.39 is 11.9 Å². The highest BCUT2D eigenvalue weighted by Crippen LogP contribution is 2.44. The minimum atomic E-state index is -1.16. The molecule has 7 heteroatoms. The van der Waals surface area contributed by atoms with Crippen molar-refractivity contribution in [1.82, 2.24) is 0 Å². The van der Waals surface area contributed by atoms with Gasteiger partial charge in [0.05, 0.1) is 29.6 Å². The maximum Gasteiger partial charge on any atom is 0.336 e. The van der Waals surface area contributed by atoms with Crippen molar-refractivity contribution in [3.63, 3.8) is 0 Å². The van der Waals surface area contributed by atoms with Gasteiger partial charge in [-0.25, -0.2) is 4.79 Å². The third kappa shape index (κ3) is 4.37. The van der Waals surface area contributed by atoms with E-state index in [0.29, 0.717) is 34.8 Å².